The van der Waals surface area contributed by atoms with Gasteiger partial charge in [-0.2, -0.15) is 0 Å². The second kappa shape index (κ2) is 6.28. The summed E-state index contributed by atoms with van der Waals surface area (Å²) < 4.78 is 6.72. The Hall–Kier alpha value is -0.850. The molecule has 0 bridgehead atoms. The number of esters is 1. The standard InChI is InChI=1S/C14H13Br2NO2S/c1-3-10-11(17)13(14(18)19-2)20-12(10)7-4-8(15)6-9(16)5-7/h4-6H,3,17H2,1-2H3. The third-order valence-corrected chi connectivity index (χ3v) is 5.09. The number of rotatable bonds is 3. The number of thiophene rings is 1. The lowest BCUT2D eigenvalue weighted by molar-refractivity contribution is 0.0607. The van der Waals surface area contributed by atoms with Gasteiger partial charge in [0.2, 0.25) is 0 Å². The Morgan fingerprint density at radius 1 is 1.30 bits per heavy atom. The average molecular weight is 419 g/mol. The summed E-state index contributed by atoms with van der Waals surface area (Å²) in [5.74, 6) is -0.387. The van der Waals surface area contributed by atoms with Crippen LogP contribution in [0.4, 0.5) is 5.69 Å². The molecule has 1 heterocycles. The van der Waals surface area contributed by atoms with Crippen molar-refractivity contribution >= 4 is 54.9 Å². The summed E-state index contributed by atoms with van der Waals surface area (Å²) in [6.45, 7) is 2.02. The number of nitrogens with two attached hydrogens (primary N) is 1. The first-order chi connectivity index (χ1) is 9.47. The van der Waals surface area contributed by atoms with E-state index in [0.29, 0.717) is 10.6 Å². The highest BCUT2D eigenvalue weighted by Gasteiger charge is 2.21. The number of hydrogen-bond donors (Lipinski definition) is 1. The van der Waals surface area contributed by atoms with Crippen molar-refractivity contribution < 1.29 is 9.53 Å². The minimum absolute atomic E-state index is 0.387. The van der Waals surface area contributed by atoms with E-state index in [1.165, 1.54) is 18.4 Å². The molecule has 0 atom stereocenters. The van der Waals surface area contributed by atoms with Gasteiger partial charge in [-0.05, 0) is 35.7 Å². The molecule has 0 unspecified atom stereocenters. The molecule has 0 radical (unpaired) electrons. The molecule has 0 fully saturated rings. The summed E-state index contributed by atoms with van der Waals surface area (Å²) in [6.07, 6.45) is 0.763. The van der Waals surface area contributed by atoms with E-state index in [0.717, 1.165) is 31.4 Å². The Kier molecular flexibility index (Phi) is 4.88. The Morgan fingerprint density at radius 2 is 1.90 bits per heavy atom. The number of hydrogen-bond acceptors (Lipinski definition) is 4. The van der Waals surface area contributed by atoms with Crippen LogP contribution in [0.2, 0.25) is 0 Å². The lowest BCUT2D eigenvalue weighted by Crippen LogP contribution is -2.02. The summed E-state index contributed by atoms with van der Waals surface area (Å²) in [6, 6.07) is 5.99. The van der Waals surface area contributed by atoms with E-state index >= 15 is 0 Å². The summed E-state index contributed by atoms with van der Waals surface area (Å²) in [5.41, 5.74) is 8.62. The summed E-state index contributed by atoms with van der Waals surface area (Å²) in [5, 5.41) is 0. The number of halogens is 2. The van der Waals surface area contributed by atoms with Crippen LogP contribution >= 0.6 is 43.2 Å². The normalized spacial score (nSPS) is 10.6. The molecule has 0 aliphatic heterocycles. The van der Waals surface area contributed by atoms with Crippen LogP contribution in [0, 0.1) is 0 Å². The van der Waals surface area contributed by atoms with Gasteiger partial charge in [-0.15, -0.1) is 11.3 Å². The quantitative estimate of drug-likeness (QED) is 0.723. The molecular formula is C14H13Br2NO2S. The van der Waals surface area contributed by atoms with Crippen LogP contribution in [-0.2, 0) is 11.2 Å². The van der Waals surface area contributed by atoms with Gasteiger partial charge in [-0.3, -0.25) is 0 Å². The molecular weight excluding hydrogens is 406 g/mol. The number of carbonyl (C=O) groups is 1. The number of methoxy groups -OCH3 is 1. The van der Waals surface area contributed by atoms with E-state index in [9.17, 15) is 4.79 Å². The van der Waals surface area contributed by atoms with E-state index < -0.39 is 0 Å². The minimum atomic E-state index is -0.387. The van der Waals surface area contributed by atoms with Crippen LogP contribution in [-0.4, -0.2) is 13.1 Å². The van der Waals surface area contributed by atoms with Gasteiger partial charge >= 0.3 is 5.97 Å². The predicted molar refractivity (Wildman–Crippen MR) is 90.3 cm³/mol. The van der Waals surface area contributed by atoms with Gasteiger partial charge in [-0.25, -0.2) is 4.79 Å². The number of carbonyl (C=O) groups excluding carboxylic acids is 1. The first-order valence-corrected chi connectivity index (χ1v) is 8.34. The van der Waals surface area contributed by atoms with Crippen molar-refractivity contribution in [2.24, 2.45) is 0 Å². The van der Waals surface area contributed by atoms with Crippen molar-refractivity contribution in [3.05, 3.63) is 37.6 Å². The molecule has 0 aliphatic carbocycles. The van der Waals surface area contributed by atoms with Crippen molar-refractivity contribution in [1.82, 2.24) is 0 Å². The Bertz CT molecular complexity index is 647. The second-order valence-corrected chi connectivity index (χ2v) is 7.01. The molecule has 3 nitrogen and oxygen atoms in total. The molecule has 2 rings (SSSR count). The number of benzene rings is 1. The van der Waals surface area contributed by atoms with Crippen LogP contribution < -0.4 is 5.73 Å². The Balaban J connectivity index is 2.64. The zero-order valence-electron chi connectivity index (χ0n) is 11.0. The number of nitrogen functional groups attached to an aromatic ring is 1. The average Bonchev–Trinajstić information content (AvgIpc) is 2.73. The van der Waals surface area contributed by atoms with Crippen LogP contribution in [0.15, 0.2) is 27.1 Å². The third kappa shape index (κ3) is 2.92. The van der Waals surface area contributed by atoms with E-state index in [1.54, 1.807) is 0 Å². The van der Waals surface area contributed by atoms with Crippen LogP contribution in [0.1, 0.15) is 22.2 Å². The van der Waals surface area contributed by atoms with Crippen molar-refractivity contribution in [1.29, 1.82) is 0 Å². The van der Waals surface area contributed by atoms with Gasteiger partial charge in [0, 0.05) is 13.8 Å². The third-order valence-electron chi connectivity index (χ3n) is 2.90. The largest absolute Gasteiger partial charge is 0.465 e. The van der Waals surface area contributed by atoms with Gasteiger partial charge in [0.1, 0.15) is 4.88 Å². The van der Waals surface area contributed by atoms with Gasteiger partial charge < -0.3 is 10.5 Å². The molecule has 2 N–H and O–H groups in total. The molecule has 20 heavy (non-hydrogen) atoms. The maximum atomic E-state index is 11.8. The zero-order chi connectivity index (χ0) is 14.9. The lowest BCUT2D eigenvalue weighted by atomic mass is 10.1. The van der Waals surface area contributed by atoms with Gasteiger partial charge in [0.15, 0.2) is 0 Å². The molecule has 1 aromatic carbocycles. The fourth-order valence-corrected chi connectivity index (χ4v) is 4.50. The highest BCUT2D eigenvalue weighted by molar-refractivity contribution is 9.11. The second-order valence-electron chi connectivity index (χ2n) is 4.16. The van der Waals surface area contributed by atoms with Crippen LogP contribution in [0.5, 0.6) is 0 Å². The smallest absolute Gasteiger partial charge is 0.350 e. The van der Waals surface area contributed by atoms with Crippen molar-refractivity contribution in [2.75, 3.05) is 12.8 Å². The lowest BCUT2D eigenvalue weighted by Gasteiger charge is -2.04. The highest BCUT2D eigenvalue weighted by Crippen LogP contribution is 2.41. The molecule has 0 spiro atoms. The topological polar surface area (TPSA) is 52.3 Å². The fraction of sp³-hybridized carbons (Fsp3) is 0.214. The van der Waals surface area contributed by atoms with E-state index in [2.05, 4.69) is 31.9 Å². The first-order valence-electron chi connectivity index (χ1n) is 5.93. The maximum Gasteiger partial charge on any atom is 0.350 e. The summed E-state index contributed by atoms with van der Waals surface area (Å²) >= 11 is 8.33. The van der Waals surface area contributed by atoms with Crippen LogP contribution in [0.3, 0.4) is 0 Å². The molecule has 0 saturated carbocycles. The fourth-order valence-electron chi connectivity index (χ4n) is 1.99. The predicted octanol–water partition coefficient (Wildman–Crippen LogP) is 4.87. The van der Waals surface area contributed by atoms with Gasteiger partial charge in [-0.1, -0.05) is 38.8 Å². The molecule has 2 aromatic rings. The van der Waals surface area contributed by atoms with E-state index in [-0.39, 0.29) is 5.97 Å². The molecule has 106 valence electrons. The van der Waals surface area contributed by atoms with Crippen molar-refractivity contribution in [2.45, 2.75) is 13.3 Å². The minimum Gasteiger partial charge on any atom is -0.465 e. The molecule has 0 amide bonds. The summed E-state index contributed by atoms with van der Waals surface area (Å²) in [7, 11) is 1.36. The summed E-state index contributed by atoms with van der Waals surface area (Å²) in [4.78, 5) is 13.2. The van der Waals surface area contributed by atoms with Crippen molar-refractivity contribution in [3.63, 3.8) is 0 Å². The number of ether oxygens (including phenoxy) is 1. The highest BCUT2D eigenvalue weighted by atomic mass is 79.9. The maximum absolute atomic E-state index is 11.8. The molecule has 0 aliphatic rings. The molecule has 6 heteroatoms. The number of anilines is 1. The monoisotopic (exact) mass is 417 g/mol. The van der Waals surface area contributed by atoms with Crippen molar-refractivity contribution in [3.8, 4) is 10.4 Å². The van der Waals surface area contributed by atoms with Gasteiger partial charge in [0.05, 0.1) is 12.8 Å². The molecule has 0 saturated heterocycles. The van der Waals surface area contributed by atoms with E-state index in [4.69, 9.17) is 10.5 Å². The SMILES string of the molecule is CCc1c(-c2cc(Br)cc(Br)c2)sc(C(=O)OC)c1N. The van der Waals surface area contributed by atoms with Gasteiger partial charge in [0.25, 0.3) is 0 Å². The van der Waals surface area contributed by atoms with E-state index in [1.807, 2.05) is 25.1 Å². The Morgan fingerprint density at radius 3 is 2.40 bits per heavy atom. The Labute approximate surface area is 138 Å². The van der Waals surface area contributed by atoms with Crippen LogP contribution in [0.25, 0.3) is 10.4 Å². The molecule has 1 aromatic heterocycles. The first kappa shape index (κ1) is 15.5. The zero-order valence-corrected chi connectivity index (χ0v) is 15.0.